The molecular weight excluding hydrogens is 326 g/mol. The molecule has 0 aromatic heterocycles. The van der Waals surface area contributed by atoms with E-state index in [2.05, 4.69) is 34.9 Å². The van der Waals surface area contributed by atoms with Crippen LogP contribution in [0.1, 0.15) is 18.4 Å². The lowest BCUT2D eigenvalue weighted by atomic mass is 9.89. The van der Waals surface area contributed by atoms with Gasteiger partial charge in [0.15, 0.2) is 0 Å². The third-order valence-electron chi connectivity index (χ3n) is 4.92. The van der Waals surface area contributed by atoms with Gasteiger partial charge in [0.1, 0.15) is 5.75 Å². The lowest BCUT2D eigenvalue weighted by Crippen LogP contribution is -2.53. The van der Waals surface area contributed by atoms with E-state index in [4.69, 9.17) is 4.74 Å². The topological polar surface area (TPSA) is 53.6 Å². The summed E-state index contributed by atoms with van der Waals surface area (Å²) in [4.78, 5) is 14.2. The molecule has 3 rings (SSSR count). The van der Waals surface area contributed by atoms with Crippen molar-refractivity contribution in [3.63, 3.8) is 0 Å². The van der Waals surface area contributed by atoms with Crippen LogP contribution in [-0.4, -0.2) is 32.9 Å². The van der Waals surface area contributed by atoms with Gasteiger partial charge in [-0.2, -0.15) is 0 Å². The molecule has 2 atom stereocenters. The van der Waals surface area contributed by atoms with E-state index in [-0.39, 0.29) is 12.2 Å². The summed E-state index contributed by atoms with van der Waals surface area (Å²) in [5, 5.41) is 6.52. The van der Waals surface area contributed by atoms with Crippen LogP contribution >= 0.6 is 0 Å². The van der Waals surface area contributed by atoms with Crippen molar-refractivity contribution in [1.82, 2.24) is 10.6 Å². The first kappa shape index (κ1) is 18.3. The van der Waals surface area contributed by atoms with Crippen molar-refractivity contribution in [3.05, 3.63) is 60.2 Å². The number of hydrogen-bond donors (Lipinski definition) is 2. The molecule has 26 heavy (non-hydrogen) atoms. The fraction of sp³-hybridized carbons (Fsp3) is 0.381. The molecule has 0 bridgehead atoms. The standard InChI is InChI=1S/C21H27N3O2/c1-24(18-9-6-10-19(15-18)26-2)21(25)23-20-14-17(11-12-22-20)13-16-7-4-3-5-8-16/h3-10,15,17,20,22H,11-14H2,1-2H3,(H,23,25). The van der Waals surface area contributed by atoms with Crippen molar-refractivity contribution in [2.45, 2.75) is 25.4 Å². The fourth-order valence-corrected chi connectivity index (χ4v) is 3.42. The van der Waals surface area contributed by atoms with E-state index in [0.29, 0.717) is 5.92 Å². The number of benzene rings is 2. The Morgan fingerprint density at radius 2 is 2.04 bits per heavy atom. The summed E-state index contributed by atoms with van der Waals surface area (Å²) >= 11 is 0. The van der Waals surface area contributed by atoms with Crippen LogP contribution < -0.4 is 20.3 Å². The van der Waals surface area contributed by atoms with E-state index in [1.807, 2.05) is 30.3 Å². The van der Waals surface area contributed by atoms with Crippen molar-refractivity contribution >= 4 is 11.7 Å². The zero-order chi connectivity index (χ0) is 18.4. The maximum Gasteiger partial charge on any atom is 0.322 e. The molecule has 1 heterocycles. The molecule has 138 valence electrons. The van der Waals surface area contributed by atoms with Gasteiger partial charge in [0.25, 0.3) is 0 Å². The molecule has 2 N–H and O–H groups in total. The molecular formula is C21H27N3O2. The molecule has 0 saturated carbocycles. The average Bonchev–Trinajstić information content (AvgIpc) is 2.68. The summed E-state index contributed by atoms with van der Waals surface area (Å²) in [5.41, 5.74) is 2.16. The van der Waals surface area contributed by atoms with Crippen LogP contribution in [0.25, 0.3) is 0 Å². The second-order valence-electron chi connectivity index (χ2n) is 6.80. The summed E-state index contributed by atoms with van der Waals surface area (Å²) < 4.78 is 5.23. The van der Waals surface area contributed by atoms with Crippen molar-refractivity contribution in [2.75, 3.05) is 25.6 Å². The second-order valence-corrected chi connectivity index (χ2v) is 6.80. The first-order chi connectivity index (χ1) is 12.7. The Morgan fingerprint density at radius 3 is 2.81 bits per heavy atom. The highest BCUT2D eigenvalue weighted by Crippen LogP contribution is 2.22. The van der Waals surface area contributed by atoms with Gasteiger partial charge in [0.2, 0.25) is 0 Å². The number of urea groups is 1. The van der Waals surface area contributed by atoms with Crippen molar-refractivity contribution < 1.29 is 9.53 Å². The third kappa shape index (κ3) is 4.76. The van der Waals surface area contributed by atoms with Gasteiger partial charge in [-0.3, -0.25) is 10.2 Å². The molecule has 2 unspecified atom stereocenters. The predicted octanol–water partition coefficient (Wildman–Crippen LogP) is 3.41. The summed E-state index contributed by atoms with van der Waals surface area (Å²) in [7, 11) is 3.40. The smallest absolute Gasteiger partial charge is 0.322 e. The SMILES string of the molecule is COc1cccc(N(C)C(=O)NC2CC(Cc3ccccc3)CCN2)c1. The second kappa shape index (κ2) is 8.72. The molecule has 0 spiro atoms. The van der Waals surface area contributed by atoms with Gasteiger partial charge in [-0.1, -0.05) is 36.4 Å². The number of carbonyl (C=O) groups excluding carboxylic acids is 1. The minimum atomic E-state index is -0.115. The van der Waals surface area contributed by atoms with Gasteiger partial charge in [-0.15, -0.1) is 0 Å². The maximum absolute atomic E-state index is 12.6. The maximum atomic E-state index is 12.6. The van der Waals surface area contributed by atoms with Crippen molar-refractivity contribution in [1.29, 1.82) is 0 Å². The van der Waals surface area contributed by atoms with Crippen LogP contribution in [0, 0.1) is 5.92 Å². The molecule has 1 saturated heterocycles. The van der Waals surface area contributed by atoms with Gasteiger partial charge in [-0.05, 0) is 49.4 Å². The number of nitrogens with zero attached hydrogens (tertiary/aromatic N) is 1. The van der Waals surface area contributed by atoms with E-state index in [1.54, 1.807) is 19.1 Å². The first-order valence-electron chi connectivity index (χ1n) is 9.11. The Balaban J connectivity index is 1.56. The number of rotatable bonds is 5. The minimum Gasteiger partial charge on any atom is -0.497 e. The van der Waals surface area contributed by atoms with Crippen molar-refractivity contribution in [3.8, 4) is 5.75 Å². The molecule has 0 aliphatic carbocycles. The van der Waals surface area contributed by atoms with Crippen molar-refractivity contribution in [2.24, 2.45) is 5.92 Å². The van der Waals surface area contributed by atoms with Gasteiger partial charge in [-0.25, -0.2) is 4.79 Å². The van der Waals surface area contributed by atoms with Gasteiger partial charge >= 0.3 is 6.03 Å². The average molecular weight is 353 g/mol. The summed E-state index contributed by atoms with van der Waals surface area (Å²) in [6.07, 6.45) is 3.12. The molecule has 0 radical (unpaired) electrons. The van der Waals surface area contributed by atoms with E-state index in [9.17, 15) is 4.79 Å². The van der Waals surface area contributed by atoms with Crippen LogP contribution in [0.5, 0.6) is 5.75 Å². The highest BCUT2D eigenvalue weighted by molar-refractivity contribution is 5.91. The lowest BCUT2D eigenvalue weighted by Gasteiger charge is -2.32. The largest absolute Gasteiger partial charge is 0.497 e. The molecule has 2 aromatic rings. The number of anilines is 1. The molecule has 1 fully saturated rings. The number of methoxy groups -OCH3 is 1. The number of nitrogens with one attached hydrogen (secondary N) is 2. The van der Waals surface area contributed by atoms with Crippen LogP contribution in [0.2, 0.25) is 0 Å². The van der Waals surface area contributed by atoms with Crippen LogP contribution in [0.3, 0.4) is 0 Å². The number of amides is 2. The Hall–Kier alpha value is -2.53. The number of ether oxygens (including phenoxy) is 1. The number of carbonyl (C=O) groups is 1. The zero-order valence-corrected chi connectivity index (χ0v) is 15.4. The number of hydrogen-bond acceptors (Lipinski definition) is 3. The summed E-state index contributed by atoms with van der Waals surface area (Å²) in [5.74, 6) is 1.31. The molecule has 1 aliphatic rings. The van der Waals surface area contributed by atoms with Gasteiger partial charge < -0.3 is 10.1 Å². The zero-order valence-electron chi connectivity index (χ0n) is 15.4. The Kier molecular flexibility index (Phi) is 6.12. The molecule has 1 aliphatic heterocycles. The van der Waals surface area contributed by atoms with E-state index in [1.165, 1.54) is 5.56 Å². The van der Waals surface area contributed by atoms with Crippen LogP contribution in [-0.2, 0) is 6.42 Å². The van der Waals surface area contributed by atoms with E-state index in [0.717, 1.165) is 37.2 Å². The normalized spacial score (nSPS) is 19.6. The Morgan fingerprint density at radius 1 is 1.23 bits per heavy atom. The van der Waals surface area contributed by atoms with E-state index >= 15 is 0 Å². The highest BCUT2D eigenvalue weighted by Gasteiger charge is 2.24. The fourth-order valence-electron chi connectivity index (χ4n) is 3.42. The molecule has 2 amide bonds. The Bertz CT molecular complexity index is 720. The molecule has 5 heteroatoms. The lowest BCUT2D eigenvalue weighted by molar-refractivity contribution is 0.226. The monoisotopic (exact) mass is 353 g/mol. The number of piperidine rings is 1. The van der Waals surface area contributed by atoms with Crippen LogP contribution in [0.4, 0.5) is 10.5 Å². The van der Waals surface area contributed by atoms with Crippen LogP contribution in [0.15, 0.2) is 54.6 Å². The minimum absolute atomic E-state index is 0.00183. The third-order valence-corrected chi connectivity index (χ3v) is 4.92. The summed E-state index contributed by atoms with van der Waals surface area (Å²) in [6.45, 7) is 0.922. The first-order valence-corrected chi connectivity index (χ1v) is 9.11. The summed E-state index contributed by atoms with van der Waals surface area (Å²) in [6, 6.07) is 17.9. The Labute approximate surface area is 155 Å². The quantitative estimate of drug-likeness (QED) is 0.866. The van der Waals surface area contributed by atoms with Gasteiger partial charge in [0, 0.05) is 18.8 Å². The molecule has 5 nitrogen and oxygen atoms in total. The molecule has 2 aromatic carbocycles. The van der Waals surface area contributed by atoms with Gasteiger partial charge in [0.05, 0.1) is 13.3 Å². The predicted molar refractivity (Wildman–Crippen MR) is 105 cm³/mol. The van der Waals surface area contributed by atoms with E-state index < -0.39 is 0 Å². The highest BCUT2D eigenvalue weighted by atomic mass is 16.5.